The van der Waals surface area contributed by atoms with Crippen LogP contribution in [0.1, 0.15) is 29.7 Å². The third-order valence-corrected chi connectivity index (χ3v) is 4.90. The molecule has 0 fully saturated rings. The van der Waals surface area contributed by atoms with E-state index in [2.05, 4.69) is 10.3 Å². The Hall–Kier alpha value is -2.78. The van der Waals surface area contributed by atoms with Crippen LogP contribution in [0.4, 0.5) is 13.2 Å². The predicted molar refractivity (Wildman–Crippen MR) is 111 cm³/mol. The number of nitrogens with two attached hydrogens (primary N) is 1. The van der Waals surface area contributed by atoms with Crippen LogP contribution in [0.15, 0.2) is 53.5 Å². The van der Waals surface area contributed by atoms with Crippen LogP contribution in [0.2, 0.25) is 0 Å². The average molecular weight is 437 g/mol. The van der Waals surface area contributed by atoms with Crippen LogP contribution in [0.25, 0.3) is 0 Å². The summed E-state index contributed by atoms with van der Waals surface area (Å²) in [6.07, 6.45) is -4.95. The number of nitrogens with one attached hydrogen (secondary N) is 1. The lowest BCUT2D eigenvalue weighted by Gasteiger charge is -2.18. The summed E-state index contributed by atoms with van der Waals surface area (Å²) >= 11 is 0. The van der Waals surface area contributed by atoms with Crippen molar-refractivity contribution >= 4 is 6.02 Å². The number of halogens is 3. The van der Waals surface area contributed by atoms with Gasteiger partial charge in [-0.05, 0) is 48.7 Å². The molecule has 0 saturated carbocycles. The first-order valence-electron chi connectivity index (χ1n) is 9.97. The Morgan fingerprint density at radius 1 is 1.26 bits per heavy atom. The fourth-order valence-electron chi connectivity index (χ4n) is 3.21. The zero-order valence-electron chi connectivity index (χ0n) is 17.1. The van der Waals surface area contributed by atoms with Crippen LogP contribution < -0.4 is 15.8 Å². The van der Waals surface area contributed by atoms with Crippen molar-refractivity contribution in [2.24, 2.45) is 10.7 Å². The number of aliphatic imine (C=N–C) groups is 1. The van der Waals surface area contributed by atoms with E-state index < -0.39 is 17.8 Å². The van der Waals surface area contributed by atoms with Gasteiger partial charge >= 0.3 is 6.18 Å². The molecule has 0 amide bonds. The number of benzene rings is 2. The zero-order valence-corrected chi connectivity index (χ0v) is 17.1. The lowest BCUT2D eigenvalue weighted by molar-refractivity contribution is -0.137. The minimum absolute atomic E-state index is 0.0132. The molecule has 9 heteroatoms. The van der Waals surface area contributed by atoms with Gasteiger partial charge in [0.05, 0.1) is 18.2 Å². The fourth-order valence-corrected chi connectivity index (χ4v) is 3.21. The summed E-state index contributed by atoms with van der Waals surface area (Å²) in [5.41, 5.74) is 5.99. The molecule has 0 aliphatic carbocycles. The summed E-state index contributed by atoms with van der Waals surface area (Å²) < 4.78 is 49.5. The van der Waals surface area contributed by atoms with Crippen LogP contribution in [0.5, 0.6) is 5.75 Å². The number of rotatable bonds is 9. The summed E-state index contributed by atoms with van der Waals surface area (Å²) in [4.78, 5) is 3.96. The Morgan fingerprint density at radius 3 is 2.65 bits per heavy atom. The van der Waals surface area contributed by atoms with Gasteiger partial charge < -0.3 is 25.6 Å². The first-order chi connectivity index (χ1) is 14.7. The molecule has 2 aromatic carbocycles. The molecule has 2 aromatic rings. The van der Waals surface area contributed by atoms with Crippen molar-refractivity contribution in [2.75, 3.05) is 19.7 Å². The molecule has 0 spiro atoms. The van der Waals surface area contributed by atoms with Gasteiger partial charge in [-0.15, -0.1) is 0 Å². The van der Waals surface area contributed by atoms with Crippen LogP contribution in [0.3, 0.4) is 0 Å². The molecule has 0 bridgehead atoms. The van der Waals surface area contributed by atoms with E-state index in [1.54, 1.807) is 0 Å². The van der Waals surface area contributed by atoms with Gasteiger partial charge in [0.15, 0.2) is 6.10 Å². The van der Waals surface area contributed by atoms with Crippen LogP contribution in [-0.2, 0) is 17.3 Å². The number of amidine groups is 1. The van der Waals surface area contributed by atoms with Crippen molar-refractivity contribution in [1.29, 1.82) is 0 Å². The quantitative estimate of drug-likeness (QED) is 0.561. The Morgan fingerprint density at radius 2 is 2.00 bits per heavy atom. The molecule has 168 valence electrons. The molecule has 4 N–H and O–H groups in total. The van der Waals surface area contributed by atoms with Crippen LogP contribution in [-0.4, -0.2) is 43.0 Å². The molecule has 1 aliphatic heterocycles. The largest absolute Gasteiger partial charge is 0.490 e. The van der Waals surface area contributed by atoms with Crippen LogP contribution >= 0.6 is 0 Å². The van der Waals surface area contributed by atoms with Gasteiger partial charge in [0.2, 0.25) is 0 Å². The molecule has 6 nitrogen and oxygen atoms in total. The van der Waals surface area contributed by atoms with E-state index >= 15 is 0 Å². The molecule has 31 heavy (non-hydrogen) atoms. The van der Waals surface area contributed by atoms with Crippen molar-refractivity contribution in [3.8, 4) is 5.75 Å². The SMILES string of the molecule is CC(Cc1ccc(OCC2CN=C(N)O2)cc1)NCC(O)c1cccc(C(F)(F)F)c1. The predicted octanol–water partition coefficient (Wildman–Crippen LogP) is 3.05. The number of aliphatic hydroxyl groups excluding tert-OH is 1. The number of hydrogen-bond acceptors (Lipinski definition) is 6. The minimum Gasteiger partial charge on any atom is -0.490 e. The second kappa shape index (κ2) is 10.0. The van der Waals surface area contributed by atoms with E-state index in [0.29, 0.717) is 25.3 Å². The molecule has 3 unspecified atom stereocenters. The van der Waals surface area contributed by atoms with E-state index in [0.717, 1.165) is 17.7 Å². The van der Waals surface area contributed by atoms with Crippen molar-refractivity contribution < 1.29 is 27.8 Å². The molecule has 0 saturated heterocycles. The zero-order chi connectivity index (χ0) is 22.4. The molecule has 3 atom stereocenters. The fraction of sp³-hybridized carbons (Fsp3) is 0.409. The third-order valence-electron chi connectivity index (χ3n) is 4.90. The summed E-state index contributed by atoms with van der Waals surface area (Å²) in [5.74, 6) is 0.707. The van der Waals surface area contributed by atoms with Crippen molar-refractivity contribution in [3.63, 3.8) is 0 Å². The van der Waals surface area contributed by atoms with Gasteiger partial charge in [-0.25, -0.2) is 4.99 Å². The Bertz CT molecular complexity index is 888. The monoisotopic (exact) mass is 437 g/mol. The van der Waals surface area contributed by atoms with Gasteiger partial charge in [-0.1, -0.05) is 24.3 Å². The Kier molecular flexibility index (Phi) is 7.40. The third kappa shape index (κ3) is 6.86. The van der Waals surface area contributed by atoms with Crippen molar-refractivity contribution in [2.45, 2.75) is 37.8 Å². The highest BCUT2D eigenvalue weighted by atomic mass is 19.4. The molecule has 0 aromatic heterocycles. The first-order valence-corrected chi connectivity index (χ1v) is 9.97. The maximum atomic E-state index is 12.8. The number of alkyl halides is 3. The molecule has 0 radical (unpaired) electrons. The van der Waals surface area contributed by atoms with E-state index in [-0.39, 0.29) is 30.3 Å². The maximum absolute atomic E-state index is 12.8. The lowest BCUT2D eigenvalue weighted by atomic mass is 10.0. The summed E-state index contributed by atoms with van der Waals surface area (Å²) in [6, 6.07) is 12.6. The topological polar surface area (TPSA) is 89.1 Å². The van der Waals surface area contributed by atoms with Gasteiger partial charge in [-0.3, -0.25) is 0 Å². The smallest absolute Gasteiger partial charge is 0.416 e. The van der Waals surface area contributed by atoms with E-state index in [9.17, 15) is 18.3 Å². The van der Waals surface area contributed by atoms with E-state index in [1.165, 1.54) is 12.1 Å². The Labute approximate surface area is 178 Å². The minimum atomic E-state index is -4.43. The Balaban J connectivity index is 1.43. The standard InChI is InChI=1S/C22H26F3N3O3/c1-14(27-12-20(29)16-3-2-4-17(10-16)22(23,24)25)9-15-5-7-18(8-6-15)30-13-19-11-28-21(26)31-19/h2-8,10,14,19-20,27,29H,9,11-13H2,1H3,(H2,26,28). The second-order valence-electron chi connectivity index (χ2n) is 7.53. The summed E-state index contributed by atoms with van der Waals surface area (Å²) in [5, 5.41) is 13.4. The van der Waals surface area contributed by atoms with E-state index in [4.69, 9.17) is 15.2 Å². The van der Waals surface area contributed by atoms with Gasteiger partial charge in [0.25, 0.3) is 6.02 Å². The van der Waals surface area contributed by atoms with Gasteiger partial charge in [-0.2, -0.15) is 13.2 Å². The van der Waals surface area contributed by atoms with E-state index in [1.807, 2.05) is 31.2 Å². The lowest BCUT2D eigenvalue weighted by Crippen LogP contribution is -2.32. The maximum Gasteiger partial charge on any atom is 0.416 e. The van der Waals surface area contributed by atoms with Gasteiger partial charge in [0.1, 0.15) is 12.4 Å². The highest BCUT2D eigenvalue weighted by Gasteiger charge is 2.30. The summed E-state index contributed by atoms with van der Waals surface area (Å²) in [6.45, 7) is 2.94. The van der Waals surface area contributed by atoms with Gasteiger partial charge in [0, 0.05) is 12.6 Å². The number of hydrogen-bond donors (Lipinski definition) is 3. The average Bonchev–Trinajstić information content (AvgIpc) is 3.16. The summed E-state index contributed by atoms with van der Waals surface area (Å²) in [7, 11) is 0. The normalized spacial score (nSPS) is 18.2. The second-order valence-corrected chi connectivity index (χ2v) is 7.53. The molecular formula is C22H26F3N3O3. The highest BCUT2D eigenvalue weighted by molar-refractivity contribution is 5.73. The first kappa shape index (κ1) is 22.9. The molecule has 1 heterocycles. The number of nitrogens with zero attached hydrogens (tertiary/aromatic N) is 1. The number of aliphatic hydroxyl groups is 1. The number of ether oxygens (including phenoxy) is 2. The molecular weight excluding hydrogens is 411 g/mol. The molecule has 3 rings (SSSR count). The molecule has 1 aliphatic rings. The van der Waals surface area contributed by atoms with Crippen LogP contribution in [0, 0.1) is 0 Å². The van der Waals surface area contributed by atoms with Crippen molar-refractivity contribution in [1.82, 2.24) is 5.32 Å². The van der Waals surface area contributed by atoms with Crippen molar-refractivity contribution in [3.05, 3.63) is 65.2 Å². The highest BCUT2D eigenvalue weighted by Crippen LogP contribution is 2.30.